The van der Waals surface area contributed by atoms with Gasteiger partial charge in [0.15, 0.2) is 49.6 Å². The van der Waals surface area contributed by atoms with Crippen LogP contribution in [0.15, 0.2) is 122 Å². The van der Waals surface area contributed by atoms with Crippen LogP contribution in [0.5, 0.6) is 0 Å². The fraction of sp³-hybridized carbons (Fsp3) is 0.322. The molecule has 0 aliphatic carbocycles. The van der Waals surface area contributed by atoms with Gasteiger partial charge in [-0.3, -0.25) is 0 Å². The molecule has 8 heteroatoms. The molecular weight excluding hydrogens is 821 g/mol. The Morgan fingerprint density at radius 3 is 0.910 bits per heavy atom. The summed E-state index contributed by atoms with van der Waals surface area (Å²) < 4.78 is 8.54. The van der Waals surface area contributed by atoms with E-state index in [2.05, 4.69) is 196 Å². The van der Waals surface area contributed by atoms with Crippen LogP contribution in [0.4, 0.5) is 0 Å². The minimum Gasteiger partial charge on any atom is -0.354 e. The highest BCUT2D eigenvalue weighted by Gasteiger charge is 2.20. The second kappa shape index (κ2) is 21.7. The summed E-state index contributed by atoms with van der Waals surface area (Å²) in [4.78, 5) is 18.8. The number of rotatable bonds is 19. The third-order valence-electron chi connectivity index (χ3n) is 13.5. The van der Waals surface area contributed by atoms with E-state index in [4.69, 9.17) is 9.97 Å². The Morgan fingerprint density at radius 2 is 0.612 bits per heavy atom. The van der Waals surface area contributed by atoms with Crippen LogP contribution in [0.25, 0.3) is 90.9 Å². The quantitative estimate of drug-likeness (QED) is 0.0627. The normalized spacial score (nSPS) is 12.1. The van der Waals surface area contributed by atoms with Crippen molar-refractivity contribution in [2.24, 2.45) is 21.1 Å². The summed E-state index contributed by atoms with van der Waals surface area (Å²) in [7, 11) is 6.15. The van der Waals surface area contributed by atoms with Gasteiger partial charge < -0.3 is 9.97 Å². The summed E-state index contributed by atoms with van der Waals surface area (Å²) in [5, 5.41) is 0. The molecule has 0 unspecified atom stereocenters. The van der Waals surface area contributed by atoms with Crippen LogP contribution in [0.3, 0.4) is 0 Å². The SMILES string of the molecule is CCCCCCCCCCCCCCCC[n+]1ccc(-c2c3nc(c(-c4cc[n+](C)cc4)c4ccc([nH]4)c(-c4cc[n+](C)cc4)c4nc(c(-c5cc[n+](C)cc5)c5ccc2[nH]5)C=C4)C=C3)cc1. The van der Waals surface area contributed by atoms with Crippen LogP contribution in [-0.2, 0) is 27.7 Å². The highest BCUT2D eigenvalue weighted by molar-refractivity contribution is 5.99. The van der Waals surface area contributed by atoms with Crippen molar-refractivity contribution in [1.29, 1.82) is 0 Å². The van der Waals surface area contributed by atoms with E-state index in [1.165, 1.54) is 89.9 Å². The van der Waals surface area contributed by atoms with E-state index in [0.29, 0.717) is 0 Å². The van der Waals surface area contributed by atoms with Gasteiger partial charge in [0, 0.05) is 99.3 Å². The molecule has 0 saturated carbocycles. The van der Waals surface area contributed by atoms with E-state index in [1.807, 2.05) is 7.05 Å². The summed E-state index contributed by atoms with van der Waals surface area (Å²) >= 11 is 0. The molecule has 0 saturated heterocycles. The highest BCUT2D eigenvalue weighted by atomic mass is 14.9. The third-order valence-corrected chi connectivity index (χ3v) is 13.5. The maximum Gasteiger partial charge on any atom is 0.169 e. The fourth-order valence-electron chi connectivity index (χ4n) is 9.69. The lowest BCUT2D eigenvalue weighted by Crippen LogP contribution is -2.32. The molecule has 8 nitrogen and oxygen atoms in total. The number of hydrogen-bond donors (Lipinski definition) is 2. The van der Waals surface area contributed by atoms with Crippen LogP contribution < -0.4 is 18.3 Å². The molecule has 67 heavy (non-hydrogen) atoms. The van der Waals surface area contributed by atoms with Gasteiger partial charge >= 0.3 is 0 Å². The summed E-state index contributed by atoms with van der Waals surface area (Å²) in [6.07, 6.45) is 44.9. The molecule has 0 aromatic carbocycles. The van der Waals surface area contributed by atoms with E-state index >= 15 is 0 Å². The number of aryl methyl sites for hydroxylation is 4. The Hall–Kier alpha value is -6.80. The van der Waals surface area contributed by atoms with E-state index < -0.39 is 0 Å². The molecule has 0 atom stereocenters. The lowest BCUT2D eigenvalue weighted by Gasteiger charge is -2.06. The Labute approximate surface area is 397 Å². The number of pyridine rings is 4. The zero-order valence-electron chi connectivity index (χ0n) is 40.1. The zero-order valence-corrected chi connectivity index (χ0v) is 40.1. The average Bonchev–Trinajstić information content (AvgIpc) is 4.20. The van der Waals surface area contributed by atoms with E-state index in [-0.39, 0.29) is 0 Å². The van der Waals surface area contributed by atoms with Gasteiger partial charge in [-0.25, -0.2) is 28.2 Å². The molecule has 9 heterocycles. The Kier molecular flexibility index (Phi) is 14.7. The zero-order chi connectivity index (χ0) is 46.0. The van der Waals surface area contributed by atoms with Gasteiger partial charge in [-0.1, -0.05) is 84.0 Å². The van der Waals surface area contributed by atoms with Crippen molar-refractivity contribution in [3.8, 4) is 44.5 Å². The van der Waals surface area contributed by atoms with Gasteiger partial charge in [0.05, 0.1) is 22.8 Å². The van der Waals surface area contributed by atoms with Crippen molar-refractivity contribution < 1.29 is 18.3 Å². The number of unbranched alkanes of at least 4 members (excludes halogenated alkanes) is 13. The number of hydrogen-bond acceptors (Lipinski definition) is 2. The van der Waals surface area contributed by atoms with E-state index in [9.17, 15) is 0 Å². The van der Waals surface area contributed by atoms with Crippen LogP contribution in [0.2, 0.25) is 0 Å². The molecule has 2 N–H and O–H groups in total. The first-order chi connectivity index (χ1) is 32.9. The van der Waals surface area contributed by atoms with Crippen LogP contribution in [-0.4, -0.2) is 19.9 Å². The molecule has 0 spiro atoms. The second-order valence-corrected chi connectivity index (χ2v) is 18.7. The minimum absolute atomic E-state index is 0.899. The van der Waals surface area contributed by atoms with Gasteiger partial charge in [0.2, 0.25) is 0 Å². The molecule has 7 aromatic rings. The first-order valence-electron chi connectivity index (χ1n) is 24.9. The molecule has 2 aliphatic rings. The van der Waals surface area contributed by atoms with Crippen molar-refractivity contribution >= 4 is 46.4 Å². The van der Waals surface area contributed by atoms with Gasteiger partial charge in [-0.15, -0.1) is 0 Å². The maximum absolute atomic E-state index is 5.51. The molecule has 9 rings (SSSR count). The van der Waals surface area contributed by atoms with Crippen LogP contribution >= 0.6 is 0 Å². The van der Waals surface area contributed by atoms with Crippen molar-refractivity contribution in [1.82, 2.24) is 19.9 Å². The van der Waals surface area contributed by atoms with E-state index in [0.717, 1.165) is 95.9 Å². The molecule has 0 fully saturated rings. The Morgan fingerprint density at radius 1 is 0.343 bits per heavy atom. The van der Waals surface area contributed by atoms with Crippen molar-refractivity contribution in [3.05, 3.63) is 145 Å². The number of nitrogens with one attached hydrogen (secondary N) is 2. The summed E-state index contributed by atoms with van der Waals surface area (Å²) in [6.45, 7) is 3.32. The third kappa shape index (κ3) is 10.9. The first kappa shape index (κ1) is 45.4. The summed E-state index contributed by atoms with van der Waals surface area (Å²) in [5.74, 6) is 0. The number of nitrogens with zero attached hydrogens (tertiary/aromatic N) is 6. The molecule has 8 bridgehead atoms. The minimum atomic E-state index is 0.899. The smallest absolute Gasteiger partial charge is 0.169 e. The molecule has 0 amide bonds. The monoisotopic (exact) mass is 889 g/mol. The average molecular weight is 889 g/mol. The largest absolute Gasteiger partial charge is 0.354 e. The molecule has 0 radical (unpaired) electrons. The predicted molar refractivity (Wildman–Crippen MR) is 275 cm³/mol. The second-order valence-electron chi connectivity index (χ2n) is 18.7. The Balaban J connectivity index is 1.09. The molecule has 2 aliphatic heterocycles. The number of aromatic nitrogens is 8. The van der Waals surface area contributed by atoms with Crippen LogP contribution in [0, 0.1) is 0 Å². The summed E-state index contributed by atoms with van der Waals surface area (Å²) in [6, 6.07) is 26.3. The number of aromatic amines is 2. The standard InChI is InChI=1S/C59H67N8/c1-5-6-7-8-9-10-11-12-13-14-15-16-17-18-35-67-42-33-47(34-43-67)59-54-25-23-52(62-54)57(45-29-38-65(3)39-30-45)50-21-19-48(60-50)56(44-27-36-64(2)37-28-44)49-20-22-51(61-49)58(53-24-26-55(59)63-53)46-31-40-66(4)41-32-46/h19-34,36-43H,5-18,35H2,1-4H3,(H,60,61,62,63)/q+3/p+1. The topological polar surface area (TPSA) is 72.9 Å². The van der Waals surface area contributed by atoms with Gasteiger partial charge in [-0.2, -0.15) is 0 Å². The van der Waals surface area contributed by atoms with E-state index in [1.54, 1.807) is 0 Å². The predicted octanol–water partition coefficient (Wildman–Crippen LogP) is 12.6. The maximum atomic E-state index is 5.51. The lowest BCUT2D eigenvalue weighted by atomic mass is 10.0. The van der Waals surface area contributed by atoms with Gasteiger partial charge in [0.1, 0.15) is 27.7 Å². The Bertz CT molecular complexity index is 2960. The fourth-order valence-corrected chi connectivity index (χ4v) is 9.69. The summed E-state index contributed by atoms with van der Waals surface area (Å²) in [5.41, 5.74) is 16.1. The van der Waals surface area contributed by atoms with Gasteiger partial charge in [0.25, 0.3) is 0 Å². The first-order valence-corrected chi connectivity index (χ1v) is 24.9. The van der Waals surface area contributed by atoms with Gasteiger partial charge in [-0.05, 0) is 77.2 Å². The number of fused-ring (bicyclic) bond motifs is 8. The van der Waals surface area contributed by atoms with Crippen molar-refractivity contribution in [3.63, 3.8) is 0 Å². The number of H-pyrrole nitrogens is 2. The van der Waals surface area contributed by atoms with Crippen molar-refractivity contribution in [2.45, 2.75) is 103 Å². The lowest BCUT2D eigenvalue weighted by molar-refractivity contribution is -0.697. The van der Waals surface area contributed by atoms with Crippen LogP contribution in [0.1, 0.15) is 120 Å². The van der Waals surface area contributed by atoms with Crippen molar-refractivity contribution in [2.75, 3.05) is 0 Å². The molecule has 7 aromatic heterocycles. The highest BCUT2D eigenvalue weighted by Crippen LogP contribution is 2.38. The molecule has 340 valence electrons. The molecular formula is C59H68N8+4.